The Balaban J connectivity index is 2.23. The van der Waals surface area contributed by atoms with Crippen LogP contribution in [0.3, 0.4) is 0 Å². The summed E-state index contributed by atoms with van der Waals surface area (Å²) in [5, 5.41) is 19.2. The Labute approximate surface area is 126 Å². The van der Waals surface area contributed by atoms with Gasteiger partial charge in [0.1, 0.15) is 17.0 Å². The zero-order valence-electron chi connectivity index (χ0n) is 9.39. The van der Waals surface area contributed by atoms with Crippen LogP contribution in [0.2, 0.25) is 5.02 Å². The highest BCUT2D eigenvalue weighted by atomic mass is 127. The molecule has 1 aromatic heterocycles. The smallest absolute Gasteiger partial charge is 0.228 e. The number of hydrogen-bond donors (Lipinski definition) is 2. The monoisotopic (exact) mass is 387 g/mol. The van der Waals surface area contributed by atoms with Gasteiger partial charge in [0.15, 0.2) is 5.58 Å². The van der Waals surface area contributed by atoms with E-state index in [0.717, 1.165) is 3.57 Å². The summed E-state index contributed by atoms with van der Waals surface area (Å²) in [6.45, 7) is 0. The molecule has 0 amide bonds. The van der Waals surface area contributed by atoms with E-state index in [2.05, 4.69) is 27.6 Å². The van der Waals surface area contributed by atoms with Crippen LogP contribution in [0.1, 0.15) is 0 Å². The molecule has 96 valence electrons. The number of fused-ring (bicyclic) bond motifs is 1. The van der Waals surface area contributed by atoms with E-state index in [0.29, 0.717) is 27.6 Å². The number of hydrogen-bond acceptors (Lipinski definition) is 4. The van der Waals surface area contributed by atoms with Crippen molar-refractivity contribution in [2.24, 2.45) is 0 Å². The minimum Gasteiger partial charge on any atom is -0.508 e. The molecular weight excluding hydrogens is 381 g/mol. The maximum atomic E-state index is 9.53. The van der Waals surface area contributed by atoms with Crippen LogP contribution in [0.4, 0.5) is 0 Å². The van der Waals surface area contributed by atoms with Gasteiger partial charge in [-0.15, -0.1) is 0 Å². The predicted molar refractivity (Wildman–Crippen MR) is 80.5 cm³/mol. The van der Waals surface area contributed by atoms with Crippen molar-refractivity contribution >= 4 is 45.3 Å². The van der Waals surface area contributed by atoms with E-state index in [1.54, 1.807) is 12.1 Å². The fraction of sp³-hybridized carbons (Fsp3) is 0. The fourth-order valence-corrected chi connectivity index (χ4v) is 2.73. The van der Waals surface area contributed by atoms with Gasteiger partial charge in [-0.05, 0) is 46.9 Å². The molecule has 0 atom stereocenters. The lowest BCUT2D eigenvalue weighted by Crippen LogP contribution is -1.80. The number of phenolic OH excluding ortho intramolecular Hbond substituents is 2. The van der Waals surface area contributed by atoms with Gasteiger partial charge in [0.25, 0.3) is 0 Å². The minimum atomic E-state index is 0.0806. The highest BCUT2D eigenvalue weighted by Crippen LogP contribution is 2.34. The van der Waals surface area contributed by atoms with Gasteiger partial charge in [0.2, 0.25) is 5.89 Å². The number of oxazole rings is 1. The average Bonchev–Trinajstić information content (AvgIpc) is 2.72. The van der Waals surface area contributed by atoms with Gasteiger partial charge < -0.3 is 14.6 Å². The molecule has 4 nitrogen and oxygen atoms in total. The zero-order chi connectivity index (χ0) is 13.6. The first kappa shape index (κ1) is 12.6. The number of aromatic nitrogens is 1. The molecule has 0 radical (unpaired) electrons. The molecule has 0 aliphatic rings. The molecule has 1 heterocycles. The Morgan fingerprint density at radius 1 is 1.11 bits per heavy atom. The third-order valence-corrected chi connectivity index (χ3v) is 3.75. The van der Waals surface area contributed by atoms with Crippen LogP contribution in [-0.2, 0) is 0 Å². The Hall–Kier alpha value is -1.47. The summed E-state index contributed by atoms with van der Waals surface area (Å²) < 4.78 is 6.38. The normalized spacial score (nSPS) is 11.1. The molecule has 19 heavy (non-hydrogen) atoms. The van der Waals surface area contributed by atoms with Crippen molar-refractivity contribution < 1.29 is 14.6 Å². The molecule has 3 aromatic rings. The summed E-state index contributed by atoms with van der Waals surface area (Å²) in [6.07, 6.45) is 0. The second-order valence-corrected chi connectivity index (χ2v) is 5.53. The van der Waals surface area contributed by atoms with E-state index in [4.69, 9.17) is 16.0 Å². The van der Waals surface area contributed by atoms with Crippen molar-refractivity contribution in [3.63, 3.8) is 0 Å². The maximum absolute atomic E-state index is 9.53. The van der Waals surface area contributed by atoms with Crippen LogP contribution in [-0.4, -0.2) is 15.2 Å². The number of benzene rings is 2. The second-order valence-electron chi connectivity index (χ2n) is 3.96. The molecule has 0 unspecified atom stereocenters. The Kier molecular flexibility index (Phi) is 3.02. The van der Waals surface area contributed by atoms with Gasteiger partial charge in [-0.1, -0.05) is 11.6 Å². The molecule has 0 saturated heterocycles. The molecule has 0 spiro atoms. The molecule has 0 aliphatic carbocycles. The van der Waals surface area contributed by atoms with Crippen LogP contribution in [0.5, 0.6) is 11.5 Å². The van der Waals surface area contributed by atoms with Crippen molar-refractivity contribution in [2.75, 3.05) is 0 Å². The van der Waals surface area contributed by atoms with E-state index < -0.39 is 0 Å². The molecule has 6 heteroatoms. The molecule has 0 saturated carbocycles. The number of rotatable bonds is 1. The summed E-state index contributed by atoms with van der Waals surface area (Å²) in [5.41, 5.74) is 1.74. The zero-order valence-corrected chi connectivity index (χ0v) is 12.3. The van der Waals surface area contributed by atoms with Crippen molar-refractivity contribution in [3.05, 3.63) is 38.9 Å². The van der Waals surface area contributed by atoms with Crippen LogP contribution in [0.25, 0.3) is 22.6 Å². The summed E-state index contributed by atoms with van der Waals surface area (Å²) in [7, 11) is 0. The molecular formula is C13H7ClINO3. The highest BCUT2D eigenvalue weighted by Gasteiger charge is 2.14. The van der Waals surface area contributed by atoms with Crippen molar-refractivity contribution in [3.8, 4) is 23.0 Å². The van der Waals surface area contributed by atoms with Crippen molar-refractivity contribution in [1.82, 2.24) is 4.98 Å². The van der Waals surface area contributed by atoms with E-state index in [1.807, 2.05) is 0 Å². The lowest BCUT2D eigenvalue weighted by molar-refractivity contribution is 0.474. The molecule has 0 bridgehead atoms. The van der Waals surface area contributed by atoms with Crippen molar-refractivity contribution in [2.45, 2.75) is 0 Å². The molecule has 3 rings (SSSR count). The largest absolute Gasteiger partial charge is 0.508 e. The van der Waals surface area contributed by atoms with Gasteiger partial charge >= 0.3 is 0 Å². The standard InChI is InChI=1S/C13H7ClINO3/c14-9-3-6(17)1-2-8(9)13-16-12-10(15)4-7(18)5-11(12)19-13/h1-5,17-18H. The van der Waals surface area contributed by atoms with Crippen LogP contribution in [0.15, 0.2) is 34.7 Å². The van der Waals surface area contributed by atoms with Gasteiger partial charge in [0, 0.05) is 9.64 Å². The quantitative estimate of drug-likeness (QED) is 0.615. The molecule has 2 aromatic carbocycles. The van der Waals surface area contributed by atoms with Crippen LogP contribution in [0, 0.1) is 3.57 Å². The topological polar surface area (TPSA) is 66.5 Å². The third-order valence-electron chi connectivity index (χ3n) is 2.62. The first-order valence-electron chi connectivity index (χ1n) is 5.32. The summed E-state index contributed by atoms with van der Waals surface area (Å²) in [5.74, 6) is 0.553. The summed E-state index contributed by atoms with van der Waals surface area (Å²) in [4.78, 5) is 4.36. The number of halogens is 2. The lowest BCUT2D eigenvalue weighted by Gasteiger charge is -1.99. The first-order valence-corrected chi connectivity index (χ1v) is 6.78. The summed E-state index contributed by atoms with van der Waals surface area (Å²) >= 11 is 8.13. The van der Waals surface area contributed by atoms with E-state index in [9.17, 15) is 10.2 Å². The first-order chi connectivity index (χ1) is 9.04. The molecule has 0 fully saturated rings. The second kappa shape index (κ2) is 4.57. The highest BCUT2D eigenvalue weighted by molar-refractivity contribution is 14.1. The third kappa shape index (κ3) is 2.23. The van der Waals surface area contributed by atoms with E-state index >= 15 is 0 Å². The van der Waals surface area contributed by atoms with Gasteiger partial charge in [0.05, 0.1) is 10.6 Å². The van der Waals surface area contributed by atoms with Gasteiger partial charge in [-0.3, -0.25) is 0 Å². The van der Waals surface area contributed by atoms with Gasteiger partial charge in [-0.2, -0.15) is 0 Å². The Morgan fingerprint density at radius 3 is 2.63 bits per heavy atom. The number of phenols is 2. The molecule has 2 N–H and O–H groups in total. The fourth-order valence-electron chi connectivity index (χ4n) is 1.77. The Morgan fingerprint density at radius 2 is 1.89 bits per heavy atom. The SMILES string of the molecule is Oc1ccc(-c2nc3c(I)cc(O)cc3o2)c(Cl)c1. The predicted octanol–water partition coefficient (Wildman–Crippen LogP) is 4.16. The van der Waals surface area contributed by atoms with Crippen LogP contribution >= 0.6 is 34.2 Å². The maximum Gasteiger partial charge on any atom is 0.228 e. The van der Waals surface area contributed by atoms with E-state index in [-0.39, 0.29) is 11.5 Å². The number of nitrogens with zero attached hydrogens (tertiary/aromatic N) is 1. The number of aromatic hydroxyl groups is 2. The minimum absolute atomic E-state index is 0.0806. The average molecular weight is 388 g/mol. The lowest BCUT2D eigenvalue weighted by atomic mass is 10.2. The molecule has 0 aliphatic heterocycles. The van der Waals surface area contributed by atoms with Crippen LogP contribution < -0.4 is 0 Å². The summed E-state index contributed by atoms with van der Waals surface area (Å²) in [6, 6.07) is 7.68. The Bertz CT molecular complexity index is 785. The van der Waals surface area contributed by atoms with Crippen molar-refractivity contribution in [1.29, 1.82) is 0 Å². The van der Waals surface area contributed by atoms with E-state index in [1.165, 1.54) is 18.2 Å². The van der Waals surface area contributed by atoms with Gasteiger partial charge in [-0.25, -0.2) is 4.98 Å².